The van der Waals surface area contributed by atoms with Gasteiger partial charge in [0, 0.05) is 12.6 Å². The van der Waals surface area contributed by atoms with E-state index in [-0.39, 0.29) is 0 Å². The Hall–Kier alpha value is -1.24. The van der Waals surface area contributed by atoms with Crippen LogP contribution in [0.25, 0.3) is 0 Å². The Morgan fingerprint density at radius 2 is 1.93 bits per heavy atom. The van der Waals surface area contributed by atoms with Gasteiger partial charge in [0.15, 0.2) is 5.78 Å². The van der Waals surface area contributed by atoms with Crippen LogP contribution in [0.1, 0.15) is 10.4 Å². The fraction of sp³-hybridized carbons (Fsp3) is 0.222. The van der Waals surface area contributed by atoms with Gasteiger partial charge in [0.25, 0.3) is 10.1 Å². The zero-order chi connectivity index (χ0) is 11.3. The van der Waals surface area contributed by atoms with Crippen LogP contribution in [0.5, 0.6) is 0 Å². The predicted molar refractivity (Wildman–Crippen MR) is 54.7 cm³/mol. The number of Topliss-reactive ketones (excluding diaryl/α,β-unsaturated/α-hetero) is 1. The van der Waals surface area contributed by atoms with E-state index in [9.17, 15) is 13.2 Å². The van der Waals surface area contributed by atoms with Crippen LogP contribution in [0.2, 0.25) is 0 Å². The van der Waals surface area contributed by atoms with Crippen molar-refractivity contribution in [3.8, 4) is 0 Å². The SMILES string of the molecule is CNOS(=O)(=O)CC(=O)c1ccccc1. The molecule has 5 nitrogen and oxygen atoms in total. The Morgan fingerprint density at radius 3 is 2.47 bits per heavy atom. The van der Waals surface area contributed by atoms with E-state index in [1.54, 1.807) is 30.3 Å². The van der Waals surface area contributed by atoms with Crippen molar-refractivity contribution in [2.75, 3.05) is 12.8 Å². The molecule has 0 fully saturated rings. The molecule has 0 aliphatic heterocycles. The minimum absolute atomic E-state index is 0.348. The molecule has 15 heavy (non-hydrogen) atoms. The van der Waals surface area contributed by atoms with Crippen molar-refractivity contribution in [1.29, 1.82) is 0 Å². The van der Waals surface area contributed by atoms with Crippen molar-refractivity contribution in [3.05, 3.63) is 35.9 Å². The Morgan fingerprint density at radius 1 is 1.33 bits per heavy atom. The lowest BCUT2D eigenvalue weighted by Gasteiger charge is -2.02. The van der Waals surface area contributed by atoms with Crippen LogP contribution < -0.4 is 5.48 Å². The zero-order valence-corrected chi connectivity index (χ0v) is 8.95. The average molecular weight is 229 g/mol. The molecule has 1 aromatic rings. The molecule has 0 amide bonds. The minimum Gasteiger partial charge on any atom is -0.293 e. The lowest BCUT2D eigenvalue weighted by atomic mass is 10.2. The number of hydrogen-bond acceptors (Lipinski definition) is 5. The summed E-state index contributed by atoms with van der Waals surface area (Å²) in [5.41, 5.74) is 2.37. The molecule has 0 bridgehead atoms. The smallest absolute Gasteiger partial charge is 0.290 e. The maximum atomic E-state index is 11.4. The maximum absolute atomic E-state index is 11.4. The molecular weight excluding hydrogens is 218 g/mol. The molecule has 0 unspecified atom stereocenters. The average Bonchev–Trinajstić information content (AvgIpc) is 2.18. The molecule has 0 aromatic heterocycles. The van der Waals surface area contributed by atoms with Gasteiger partial charge in [0.1, 0.15) is 5.75 Å². The van der Waals surface area contributed by atoms with Crippen LogP contribution in [-0.4, -0.2) is 27.0 Å². The second-order valence-electron chi connectivity index (χ2n) is 2.78. The molecule has 0 spiro atoms. The number of carbonyl (C=O) groups excluding carboxylic acids is 1. The van der Waals surface area contributed by atoms with Crippen molar-refractivity contribution in [2.24, 2.45) is 0 Å². The first kappa shape index (κ1) is 11.8. The largest absolute Gasteiger partial charge is 0.293 e. The van der Waals surface area contributed by atoms with Crippen molar-refractivity contribution < 1.29 is 17.5 Å². The van der Waals surface area contributed by atoms with Gasteiger partial charge in [-0.15, -0.1) is 0 Å². The van der Waals surface area contributed by atoms with Gasteiger partial charge in [-0.3, -0.25) is 4.79 Å². The highest BCUT2D eigenvalue weighted by molar-refractivity contribution is 7.87. The standard InChI is InChI=1S/C9H11NO4S/c1-10-14-15(12,13)7-9(11)8-5-3-2-4-6-8/h2-6,10H,7H2,1H3. The Balaban J connectivity index is 2.73. The van der Waals surface area contributed by atoms with E-state index in [2.05, 4.69) is 4.28 Å². The fourth-order valence-electron chi connectivity index (χ4n) is 1.02. The number of hydrogen-bond donors (Lipinski definition) is 1. The number of ketones is 1. The molecule has 0 atom stereocenters. The van der Waals surface area contributed by atoms with Gasteiger partial charge in [-0.25, -0.2) is 0 Å². The van der Waals surface area contributed by atoms with Crippen molar-refractivity contribution in [2.45, 2.75) is 0 Å². The normalized spacial score (nSPS) is 11.3. The molecule has 1 aromatic carbocycles. The summed E-state index contributed by atoms with van der Waals surface area (Å²) in [6.07, 6.45) is 0. The Labute approximate surface area is 88.1 Å². The molecular formula is C9H11NO4S. The van der Waals surface area contributed by atoms with Crippen molar-refractivity contribution in [1.82, 2.24) is 5.48 Å². The molecule has 0 aliphatic rings. The van der Waals surface area contributed by atoms with Gasteiger partial charge >= 0.3 is 0 Å². The lowest BCUT2D eigenvalue weighted by molar-refractivity contribution is 0.101. The van der Waals surface area contributed by atoms with E-state index in [1.165, 1.54) is 7.05 Å². The van der Waals surface area contributed by atoms with E-state index in [0.717, 1.165) is 0 Å². The highest BCUT2D eigenvalue weighted by Gasteiger charge is 2.18. The molecule has 0 aliphatic carbocycles. The Kier molecular flexibility index (Phi) is 3.96. The summed E-state index contributed by atoms with van der Waals surface area (Å²) in [5, 5.41) is 0. The van der Waals surface area contributed by atoms with E-state index >= 15 is 0 Å². The molecule has 6 heteroatoms. The first-order valence-corrected chi connectivity index (χ1v) is 5.79. The van der Waals surface area contributed by atoms with Crippen LogP contribution in [0, 0.1) is 0 Å². The zero-order valence-electron chi connectivity index (χ0n) is 8.14. The molecule has 0 saturated carbocycles. The van der Waals surface area contributed by atoms with E-state index in [0.29, 0.717) is 5.56 Å². The van der Waals surface area contributed by atoms with Gasteiger partial charge in [-0.05, 0) is 0 Å². The highest BCUT2D eigenvalue weighted by Crippen LogP contribution is 2.02. The number of nitrogens with one attached hydrogen (secondary N) is 1. The third-order valence-corrected chi connectivity index (χ3v) is 2.65. The van der Waals surface area contributed by atoms with Gasteiger partial charge in [0.2, 0.25) is 0 Å². The molecule has 0 saturated heterocycles. The van der Waals surface area contributed by atoms with Crippen LogP contribution in [0.4, 0.5) is 0 Å². The lowest BCUT2D eigenvalue weighted by Crippen LogP contribution is -2.23. The van der Waals surface area contributed by atoms with E-state index in [1.807, 2.05) is 5.48 Å². The highest BCUT2D eigenvalue weighted by atomic mass is 32.2. The third-order valence-electron chi connectivity index (χ3n) is 1.61. The van der Waals surface area contributed by atoms with Gasteiger partial charge in [-0.2, -0.15) is 18.2 Å². The van der Waals surface area contributed by atoms with Crippen LogP contribution in [0.3, 0.4) is 0 Å². The number of hydroxylamine groups is 1. The maximum Gasteiger partial charge on any atom is 0.290 e. The third kappa shape index (κ3) is 3.78. The quantitative estimate of drug-likeness (QED) is 0.582. The molecule has 0 radical (unpaired) electrons. The van der Waals surface area contributed by atoms with Crippen LogP contribution in [0.15, 0.2) is 30.3 Å². The van der Waals surface area contributed by atoms with E-state index in [4.69, 9.17) is 0 Å². The predicted octanol–water partition coefficient (Wildman–Crippen LogP) is 0.350. The monoisotopic (exact) mass is 229 g/mol. The summed E-state index contributed by atoms with van der Waals surface area (Å²) in [7, 11) is -2.53. The van der Waals surface area contributed by atoms with Crippen LogP contribution >= 0.6 is 0 Å². The van der Waals surface area contributed by atoms with Gasteiger partial charge < -0.3 is 0 Å². The summed E-state index contributed by atoms with van der Waals surface area (Å²) < 4.78 is 26.4. The molecule has 1 rings (SSSR count). The summed E-state index contributed by atoms with van der Waals surface area (Å²) in [6, 6.07) is 8.18. The number of rotatable bonds is 5. The fourth-order valence-corrected chi connectivity index (χ4v) is 1.83. The number of benzene rings is 1. The van der Waals surface area contributed by atoms with Gasteiger partial charge in [0.05, 0.1) is 0 Å². The molecule has 82 valence electrons. The minimum atomic E-state index is -3.84. The van der Waals surface area contributed by atoms with E-state index < -0.39 is 21.7 Å². The first-order valence-electron chi connectivity index (χ1n) is 4.21. The summed E-state index contributed by atoms with van der Waals surface area (Å²) in [4.78, 5) is 11.4. The topological polar surface area (TPSA) is 72.5 Å². The van der Waals surface area contributed by atoms with Gasteiger partial charge in [-0.1, -0.05) is 30.3 Å². The first-order chi connectivity index (χ1) is 7.05. The van der Waals surface area contributed by atoms with Crippen molar-refractivity contribution >= 4 is 15.9 Å². The second kappa shape index (κ2) is 5.01. The summed E-state index contributed by atoms with van der Waals surface area (Å²) >= 11 is 0. The number of carbonyl (C=O) groups is 1. The van der Waals surface area contributed by atoms with Crippen LogP contribution in [-0.2, 0) is 14.4 Å². The molecule has 1 N–H and O–H groups in total. The summed E-state index contributed by atoms with van der Waals surface area (Å²) in [5.74, 6) is -1.16. The molecule has 0 heterocycles. The summed E-state index contributed by atoms with van der Waals surface area (Å²) in [6.45, 7) is 0. The van der Waals surface area contributed by atoms with Crippen molar-refractivity contribution in [3.63, 3.8) is 0 Å². The second-order valence-corrected chi connectivity index (χ2v) is 4.35. The Bertz CT molecular complexity index is 427.